The number of hydrogen-bond donors (Lipinski definition) is 2. The van der Waals surface area contributed by atoms with Crippen molar-refractivity contribution in [2.24, 2.45) is 0 Å². The van der Waals surface area contributed by atoms with Crippen molar-refractivity contribution in [1.29, 1.82) is 0 Å². The Bertz CT molecular complexity index is 855. The number of hydrogen-bond acceptors (Lipinski definition) is 1. The van der Waals surface area contributed by atoms with Crippen molar-refractivity contribution in [2.75, 3.05) is 5.32 Å². The van der Waals surface area contributed by atoms with E-state index in [-0.39, 0.29) is 12.3 Å². The number of rotatable bonds is 3. The molecule has 1 heterocycles. The molecule has 2 N–H and O–H groups in total. The van der Waals surface area contributed by atoms with Crippen LogP contribution in [-0.4, -0.2) is 10.9 Å². The lowest BCUT2D eigenvalue weighted by Crippen LogP contribution is -2.15. The molecule has 3 aromatic rings. The van der Waals surface area contributed by atoms with Gasteiger partial charge in [-0.25, -0.2) is 0 Å². The van der Waals surface area contributed by atoms with E-state index in [2.05, 4.69) is 10.3 Å². The maximum absolute atomic E-state index is 12.3. The van der Waals surface area contributed by atoms with Crippen LogP contribution < -0.4 is 5.32 Å². The van der Waals surface area contributed by atoms with E-state index >= 15 is 0 Å². The fourth-order valence-corrected chi connectivity index (χ4v) is 2.76. The topological polar surface area (TPSA) is 44.9 Å². The highest BCUT2D eigenvalue weighted by Crippen LogP contribution is 2.25. The summed E-state index contributed by atoms with van der Waals surface area (Å²) in [7, 11) is 0. The molecule has 0 saturated carbocycles. The highest BCUT2D eigenvalue weighted by Gasteiger charge is 2.11. The summed E-state index contributed by atoms with van der Waals surface area (Å²) in [5.74, 6) is -0.0822. The first-order valence-corrected chi connectivity index (χ1v) is 7.60. The predicted molar refractivity (Wildman–Crippen MR) is 91.8 cm³/mol. The Hall–Kier alpha value is -1.97. The number of nitrogens with one attached hydrogen (secondary N) is 2. The van der Waals surface area contributed by atoms with Gasteiger partial charge in [-0.1, -0.05) is 35.3 Å². The molecular formula is C17H14Cl2N2O. The number of carbonyl (C=O) groups excluding carboxylic acids is 1. The molecule has 0 saturated heterocycles. The second-order valence-electron chi connectivity index (χ2n) is 5.14. The van der Waals surface area contributed by atoms with Crippen LogP contribution in [0.2, 0.25) is 10.0 Å². The molecule has 3 nitrogen and oxygen atoms in total. The number of halogens is 2. The van der Waals surface area contributed by atoms with E-state index in [1.54, 1.807) is 6.07 Å². The highest BCUT2D eigenvalue weighted by molar-refractivity contribution is 6.32. The SMILES string of the molecule is Cc1c(Cl)cccc1NC(=O)Cc1c[nH]c2cc(Cl)ccc12. The molecule has 5 heteroatoms. The van der Waals surface area contributed by atoms with E-state index in [1.807, 2.05) is 43.5 Å². The minimum Gasteiger partial charge on any atom is -0.361 e. The molecule has 3 rings (SSSR count). The van der Waals surface area contributed by atoms with E-state index in [9.17, 15) is 4.79 Å². The van der Waals surface area contributed by atoms with Crippen molar-refractivity contribution in [3.05, 3.63) is 63.8 Å². The number of fused-ring (bicyclic) bond motifs is 1. The number of benzene rings is 2. The van der Waals surface area contributed by atoms with Gasteiger partial charge >= 0.3 is 0 Å². The number of amides is 1. The third kappa shape index (κ3) is 2.96. The number of aromatic amines is 1. The monoisotopic (exact) mass is 332 g/mol. The molecule has 0 spiro atoms. The summed E-state index contributed by atoms with van der Waals surface area (Å²) in [6.45, 7) is 1.88. The summed E-state index contributed by atoms with van der Waals surface area (Å²) in [4.78, 5) is 15.4. The fraction of sp³-hybridized carbons (Fsp3) is 0.118. The van der Waals surface area contributed by atoms with Crippen LogP contribution in [0, 0.1) is 6.92 Å². The van der Waals surface area contributed by atoms with Gasteiger partial charge in [-0.3, -0.25) is 4.79 Å². The van der Waals surface area contributed by atoms with Crippen LogP contribution in [0.4, 0.5) is 5.69 Å². The van der Waals surface area contributed by atoms with Crippen molar-refractivity contribution in [2.45, 2.75) is 13.3 Å². The number of carbonyl (C=O) groups is 1. The summed E-state index contributed by atoms with van der Waals surface area (Å²) in [6, 6.07) is 11.0. The molecule has 1 aromatic heterocycles. The van der Waals surface area contributed by atoms with Crippen LogP contribution in [0.3, 0.4) is 0 Å². The van der Waals surface area contributed by atoms with Gasteiger partial charge in [0.1, 0.15) is 0 Å². The lowest BCUT2D eigenvalue weighted by Gasteiger charge is -2.09. The summed E-state index contributed by atoms with van der Waals surface area (Å²) in [5.41, 5.74) is 3.46. The zero-order valence-electron chi connectivity index (χ0n) is 11.9. The Balaban J connectivity index is 1.80. The van der Waals surface area contributed by atoms with Gasteiger partial charge in [0.25, 0.3) is 0 Å². The molecule has 0 radical (unpaired) electrons. The first kappa shape index (κ1) is 14.9. The Morgan fingerprint density at radius 1 is 1.23 bits per heavy atom. The largest absolute Gasteiger partial charge is 0.361 e. The summed E-state index contributed by atoms with van der Waals surface area (Å²) in [5, 5.41) is 5.21. The molecule has 0 fully saturated rings. The molecule has 0 unspecified atom stereocenters. The molecule has 0 aliphatic carbocycles. The van der Waals surface area contributed by atoms with E-state index in [1.165, 1.54) is 0 Å². The third-order valence-corrected chi connectivity index (χ3v) is 4.27. The van der Waals surface area contributed by atoms with E-state index in [0.29, 0.717) is 10.0 Å². The van der Waals surface area contributed by atoms with Crippen LogP contribution >= 0.6 is 23.2 Å². The lowest BCUT2D eigenvalue weighted by molar-refractivity contribution is -0.115. The summed E-state index contributed by atoms with van der Waals surface area (Å²) >= 11 is 12.0. The molecule has 0 atom stereocenters. The number of anilines is 1. The standard InChI is InChI=1S/C17H14Cl2N2O/c1-10-14(19)3-2-4-15(10)21-17(22)7-11-9-20-16-8-12(18)5-6-13(11)16/h2-6,8-9,20H,7H2,1H3,(H,21,22). The Labute approximate surface area is 138 Å². The average molecular weight is 333 g/mol. The third-order valence-electron chi connectivity index (χ3n) is 3.62. The molecular weight excluding hydrogens is 319 g/mol. The maximum Gasteiger partial charge on any atom is 0.228 e. The second kappa shape index (κ2) is 6.03. The highest BCUT2D eigenvalue weighted by atomic mass is 35.5. The summed E-state index contributed by atoms with van der Waals surface area (Å²) in [6.07, 6.45) is 2.12. The minimum atomic E-state index is -0.0822. The fourth-order valence-electron chi connectivity index (χ4n) is 2.42. The molecule has 112 valence electrons. The van der Waals surface area contributed by atoms with Crippen molar-refractivity contribution < 1.29 is 4.79 Å². The van der Waals surface area contributed by atoms with Gasteiger partial charge in [-0.05, 0) is 42.3 Å². The predicted octanol–water partition coefficient (Wildman–Crippen LogP) is 4.96. The van der Waals surface area contributed by atoms with E-state index in [0.717, 1.165) is 27.7 Å². The van der Waals surface area contributed by atoms with Crippen molar-refractivity contribution in [3.8, 4) is 0 Å². The smallest absolute Gasteiger partial charge is 0.228 e. The van der Waals surface area contributed by atoms with Crippen LogP contribution in [-0.2, 0) is 11.2 Å². The van der Waals surface area contributed by atoms with Crippen LogP contribution in [0.5, 0.6) is 0 Å². The van der Waals surface area contributed by atoms with Gasteiger partial charge in [0, 0.05) is 32.8 Å². The van der Waals surface area contributed by atoms with Gasteiger partial charge in [0.2, 0.25) is 5.91 Å². The van der Waals surface area contributed by atoms with Crippen LogP contribution in [0.25, 0.3) is 10.9 Å². The molecule has 22 heavy (non-hydrogen) atoms. The first-order chi connectivity index (χ1) is 10.5. The van der Waals surface area contributed by atoms with Crippen LogP contribution in [0.15, 0.2) is 42.6 Å². The Morgan fingerprint density at radius 3 is 2.86 bits per heavy atom. The quantitative estimate of drug-likeness (QED) is 0.699. The van der Waals surface area contributed by atoms with Gasteiger partial charge < -0.3 is 10.3 Å². The molecule has 1 amide bonds. The van der Waals surface area contributed by atoms with Gasteiger partial charge in [-0.2, -0.15) is 0 Å². The van der Waals surface area contributed by atoms with Crippen LogP contribution in [0.1, 0.15) is 11.1 Å². The number of H-pyrrole nitrogens is 1. The van der Waals surface area contributed by atoms with Gasteiger partial charge in [0.05, 0.1) is 6.42 Å². The molecule has 0 aliphatic rings. The van der Waals surface area contributed by atoms with Crippen molar-refractivity contribution in [1.82, 2.24) is 4.98 Å². The normalized spacial score (nSPS) is 10.9. The zero-order valence-corrected chi connectivity index (χ0v) is 13.4. The number of aromatic nitrogens is 1. The van der Waals surface area contributed by atoms with Crippen molar-refractivity contribution in [3.63, 3.8) is 0 Å². The molecule has 2 aromatic carbocycles. The maximum atomic E-state index is 12.3. The van der Waals surface area contributed by atoms with E-state index in [4.69, 9.17) is 23.2 Å². The summed E-state index contributed by atoms with van der Waals surface area (Å²) < 4.78 is 0. The minimum absolute atomic E-state index is 0.0822. The second-order valence-corrected chi connectivity index (χ2v) is 5.98. The average Bonchev–Trinajstić information content (AvgIpc) is 2.86. The Kier molecular flexibility index (Phi) is 4.10. The Morgan fingerprint density at radius 2 is 2.05 bits per heavy atom. The zero-order chi connectivity index (χ0) is 15.7. The van der Waals surface area contributed by atoms with Crippen molar-refractivity contribution >= 4 is 45.7 Å². The lowest BCUT2D eigenvalue weighted by atomic mass is 10.1. The molecule has 0 aliphatic heterocycles. The van der Waals surface area contributed by atoms with Gasteiger partial charge in [-0.15, -0.1) is 0 Å². The first-order valence-electron chi connectivity index (χ1n) is 6.85. The van der Waals surface area contributed by atoms with Gasteiger partial charge in [0.15, 0.2) is 0 Å². The van der Waals surface area contributed by atoms with E-state index < -0.39 is 0 Å². The molecule has 0 bridgehead atoms.